The second-order valence-corrected chi connectivity index (χ2v) is 8.58. The SMILES string of the molecule is CCN(C(=O)Cn1c(C(C)NC(=O)C2CCCCC2)nc2ccccc21)c1ccccc1. The molecule has 0 radical (unpaired) electrons. The van der Waals surface area contributed by atoms with Crippen LogP contribution in [0.25, 0.3) is 11.0 Å². The fourth-order valence-corrected chi connectivity index (χ4v) is 4.68. The first-order valence-corrected chi connectivity index (χ1v) is 11.7. The standard InChI is InChI=1S/C26H32N4O2/c1-3-29(21-14-8-5-9-15-21)24(31)18-30-23-17-11-10-16-22(23)28-25(30)19(2)27-26(32)20-12-6-4-7-13-20/h5,8-11,14-17,19-20H,3-4,6-7,12-13,18H2,1-2H3,(H,27,32). The number of hydrogen-bond acceptors (Lipinski definition) is 3. The van der Waals surface area contributed by atoms with Crippen LogP contribution in [-0.2, 0) is 16.1 Å². The first-order valence-electron chi connectivity index (χ1n) is 11.7. The van der Waals surface area contributed by atoms with Crippen LogP contribution in [0.4, 0.5) is 5.69 Å². The van der Waals surface area contributed by atoms with Gasteiger partial charge in [-0.05, 0) is 51.0 Å². The van der Waals surface area contributed by atoms with Crippen molar-refractivity contribution in [2.75, 3.05) is 11.4 Å². The molecule has 1 heterocycles. The molecule has 32 heavy (non-hydrogen) atoms. The molecule has 168 valence electrons. The Kier molecular flexibility index (Phi) is 6.88. The molecule has 1 N–H and O–H groups in total. The molecule has 3 aromatic rings. The van der Waals surface area contributed by atoms with E-state index in [9.17, 15) is 9.59 Å². The highest BCUT2D eigenvalue weighted by Gasteiger charge is 2.26. The second kappa shape index (κ2) is 9.98. The van der Waals surface area contributed by atoms with Gasteiger partial charge in [-0.1, -0.05) is 49.6 Å². The third-order valence-corrected chi connectivity index (χ3v) is 6.38. The number of carbonyl (C=O) groups is 2. The van der Waals surface area contributed by atoms with Gasteiger partial charge in [0, 0.05) is 18.2 Å². The van der Waals surface area contributed by atoms with Gasteiger partial charge >= 0.3 is 0 Å². The second-order valence-electron chi connectivity index (χ2n) is 8.58. The predicted molar refractivity (Wildman–Crippen MR) is 127 cm³/mol. The van der Waals surface area contributed by atoms with Crippen LogP contribution < -0.4 is 10.2 Å². The van der Waals surface area contributed by atoms with E-state index >= 15 is 0 Å². The Morgan fingerprint density at radius 3 is 2.47 bits per heavy atom. The summed E-state index contributed by atoms with van der Waals surface area (Å²) in [7, 11) is 0. The van der Waals surface area contributed by atoms with Crippen molar-refractivity contribution in [2.45, 2.75) is 58.5 Å². The molecule has 6 heteroatoms. The van der Waals surface area contributed by atoms with Crippen molar-refractivity contribution in [1.29, 1.82) is 0 Å². The number of likely N-dealkylation sites (N-methyl/N-ethyl adjacent to an activating group) is 1. The van der Waals surface area contributed by atoms with Crippen LogP contribution in [0.2, 0.25) is 0 Å². The summed E-state index contributed by atoms with van der Waals surface area (Å²) in [5.41, 5.74) is 2.61. The number of carbonyl (C=O) groups excluding carboxylic acids is 2. The summed E-state index contributed by atoms with van der Waals surface area (Å²) in [6.07, 6.45) is 5.36. The lowest BCUT2D eigenvalue weighted by molar-refractivity contribution is -0.126. The van der Waals surface area contributed by atoms with Crippen LogP contribution in [0.3, 0.4) is 0 Å². The molecule has 0 spiro atoms. The van der Waals surface area contributed by atoms with Crippen LogP contribution in [0.1, 0.15) is 57.8 Å². The third-order valence-electron chi connectivity index (χ3n) is 6.38. The van der Waals surface area contributed by atoms with Gasteiger partial charge in [-0.15, -0.1) is 0 Å². The minimum absolute atomic E-state index is 0.00564. The number of anilines is 1. The van der Waals surface area contributed by atoms with E-state index in [0.29, 0.717) is 12.4 Å². The molecule has 1 aliphatic carbocycles. The van der Waals surface area contributed by atoms with E-state index in [1.54, 1.807) is 4.90 Å². The van der Waals surface area contributed by atoms with E-state index in [2.05, 4.69) is 5.32 Å². The number of nitrogens with one attached hydrogen (secondary N) is 1. The number of fused-ring (bicyclic) bond motifs is 1. The van der Waals surface area contributed by atoms with Gasteiger partial charge in [-0.3, -0.25) is 9.59 Å². The van der Waals surface area contributed by atoms with Crippen molar-refractivity contribution >= 4 is 28.5 Å². The number of para-hydroxylation sites is 3. The number of hydrogen-bond donors (Lipinski definition) is 1. The van der Waals surface area contributed by atoms with Gasteiger partial charge in [0.15, 0.2) is 0 Å². The molecule has 6 nitrogen and oxygen atoms in total. The molecular weight excluding hydrogens is 400 g/mol. The van der Waals surface area contributed by atoms with E-state index in [0.717, 1.165) is 42.4 Å². The van der Waals surface area contributed by atoms with E-state index in [4.69, 9.17) is 4.98 Å². The van der Waals surface area contributed by atoms with Crippen LogP contribution in [0, 0.1) is 5.92 Å². The molecule has 1 aliphatic rings. The molecule has 1 aromatic heterocycles. The zero-order chi connectivity index (χ0) is 22.5. The maximum atomic E-state index is 13.3. The van der Waals surface area contributed by atoms with E-state index in [1.807, 2.05) is 73.0 Å². The lowest BCUT2D eigenvalue weighted by Gasteiger charge is -2.24. The normalized spacial score (nSPS) is 15.4. The minimum atomic E-state index is -0.281. The molecule has 0 aliphatic heterocycles. The topological polar surface area (TPSA) is 67.2 Å². The highest BCUT2D eigenvalue weighted by Crippen LogP contribution is 2.26. The molecule has 0 saturated heterocycles. The summed E-state index contributed by atoms with van der Waals surface area (Å²) in [5.74, 6) is 0.891. The number of imidazole rings is 1. The van der Waals surface area contributed by atoms with E-state index < -0.39 is 0 Å². The molecule has 1 unspecified atom stereocenters. The summed E-state index contributed by atoms with van der Waals surface area (Å²) in [5, 5.41) is 3.17. The van der Waals surface area contributed by atoms with E-state index in [1.165, 1.54) is 6.42 Å². The maximum absolute atomic E-state index is 13.3. The van der Waals surface area contributed by atoms with Crippen molar-refractivity contribution in [3.05, 3.63) is 60.4 Å². The van der Waals surface area contributed by atoms with Crippen LogP contribution in [0.5, 0.6) is 0 Å². The molecule has 1 atom stereocenters. The molecule has 2 amide bonds. The van der Waals surface area contributed by atoms with Gasteiger partial charge in [0.25, 0.3) is 0 Å². The Hall–Kier alpha value is -3.15. The fourth-order valence-electron chi connectivity index (χ4n) is 4.68. The maximum Gasteiger partial charge on any atom is 0.246 e. The molecule has 0 bridgehead atoms. The summed E-state index contributed by atoms with van der Waals surface area (Å²) in [4.78, 5) is 32.7. The number of amides is 2. The lowest BCUT2D eigenvalue weighted by atomic mass is 9.88. The van der Waals surface area contributed by atoms with Gasteiger partial charge < -0.3 is 14.8 Å². The Balaban J connectivity index is 1.60. The van der Waals surface area contributed by atoms with Crippen molar-refractivity contribution in [3.8, 4) is 0 Å². The molecule has 1 fully saturated rings. The van der Waals surface area contributed by atoms with Crippen LogP contribution in [0.15, 0.2) is 54.6 Å². The smallest absolute Gasteiger partial charge is 0.246 e. The number of benzene rings is 2. The van der Waals surface area contributed by atoms with Crippen LogP contribution in [-0.4, -0.2) is 27.9 Å². The Morgan fingerprint density at radius 2 is 1.75 bits per heavy atom. The van der Waals surface area contributed by atoms with E-state index in [-0.39, 0.29) is 30.3 Å². The van der Waals surface area contributed by atoms with Crippen molar-refractivity contribution < 1.29 is 9.59 Å². The van der Waals surface area contributed by atoms with Gasteiger partial charge in [0.2, 0.25) is 11.8 Å². The minimum Gasteiger partial charge on any atom is -0.346 e. The lowest BCUT2D eigenvalue weighted by Crippen LogP contribution is -2.37. The summed E-state index contributed by atoms with van der Waals surface area (Å²) < 4.78 is 1.95. The monoisotopic (exact) mass is 432 g/mol. The Labute approximate surface area is 189 Å². The quantitative estimate of drug-likeness (QED) is 0.580. The van der Waals surface area contributed by atoms with Gasteiger partial charge in [-0.25, -0.2) is 4.98 Å². The number of rotatable bonds is 7. The first kappa shape index (κ1) is 22.1. The fraction of sp³-hybridized carbons (Fsp3) is 0.423. The summed E-state index contributed by atoms with van der Waals surface area (Å²) >= 11 is 0. The molecule has 4 rings (SSSR count). The zero-order valence-corrected chi connectivity index (χ0v) is 19.0. The average Bonchev–Trinajstić information content (AvgIpc) is 3.19. The zero-order valence-electron chi connectivity index (χ0n) is 19.0. The van der Waals surface area contributed by atoms with Crippen molar-refractivity contribution in [2.24, 2.45) is 5.92 Å². The first-order chi connectivity index (χ1) is 15.6. The predicted octanol–water partition coefficient (Wildman–Crippen LogP) is 4.85. The number of aromatic nitrogens is 2. The van der Waals surface area contributed by atoms with Crippen LogP contribution >= 0.6 is 0 Å². The van der Waals surface area contributed by atoms with Crippen molar-refractivity contribution in [3.63, 3.8) is 0 Å². The van der Waals surface area contributed by atoms with Crippen molar-refractivity contribution in [1.82, 2.24) is 14.9 Å². The molecule has 2 aromatic carbocycles. The molecule has 1 saturated carbocycles. The summed E-state index contributed by atoms with van der Waals surface area (Å²) in [6.45, 7) is 4.68. The largest absolute Gasteiger partial charge is 0.346 e. The molecular formula is C26H32N4O2. The van der Waals surface area contributed by atoms with Gasteiger partial charge in [0.1, 0.15) is 12.4 Å². The highest BCUT2D eigenvalue weighted by molar-refractivity contribution is 5.94. The number of nitrogens with zero attached hydrogens (tertiary/aromatic N) is 3. The summed E-state index contributed by atoms with van der Waals surface area (Å²) in [6, 6.07) is 17.3. The highest BCUT2D eigenvalue weighted by atomic mass is 16.2. The Morgan fingerprint density at radius 1 is 1.06 bits per heavy atom. The van der Waals surface area contributed by atoms with Gasteiger partial charge in [0.05, 0.1) is 17.1 Å². The average molecular weight is 433 g/mol. The Bertz CT molecular complexity index is 1070. The van der Waals surface area contributed by atoms with Gasteiger partial charge in [-0.2, -0.15) is 0 Å². The third kappa shape index (κ3) is 4.69.